The quantitative estimate of drug-likeness (QED) is 0.202. The van der Waals surface area contributed by atoms with Crippen LogP contribution in [0, 0.1) is 19.8 Å². The SMILES string of the molecule is [CH2]C/C=C/CCCCCC(CC)CCCCCCCC[CH2]. The lowest BCUT2D eigenvalue weighted by Crippen LogP contribution is -1.99. The van der Waals surface area contributed by atoms with Crippen LogP contribution in [0.2, 0.25) is 0 Å². The van der Waals surface area contributed by atoms with Crippen molar-refractivity contribution in [2.75, 3.05) is 0 Å². The number of hydrogen-bond donors (Lipinski definition) is 0. The summed E-state index contributed by atoms with van der Waals surface area (Å²) in [5.74, 6) is 0.986. The standard InChI is InChI=1S/C21H40/c1-4-7-9-11-13-15-17-19-21(6-3)20-18-16-14-12-10-8-5-2/h7,9,21H,1-2,4-6,8,10-20H2,3H3/b9-7+. The van der Waals surface area contributed by atoms with Gasteiger partial charge in [0.25, 0.3) is 0 Å². The van der Waals surface area contributed by atoms with E-state index >= 15 is 0 Å². The summed E-state index contributed by atoms with van der Waals surface area (Å²) in [6.45, 7) is 10.1. The van der Waals surface area contributed by atoms with Gasteiger partial charge in [-0.2, -0.15) is 0 Å². The summed E-state index contributed by atoms with van der Waals surface area (Å²) in [6, 6.07) is 0. The zero-order valence-corrected chi connectivity index (χ0v) is 14.8. The van der Waals surface area contributed by atoms with E-state index in [0.29, 0.717) is 0 Å². The molecule has 0 fully saturated rings. The number of allylic oxidation sites excluding steroid dienone is 2. The van der Waals surface area contributed by atoms with Gasteiger partial charge < -0.3 is 0 Å². The van der Waals surface area contributed by atoms with Crippen molar-refractivity contribution in [1.82, 2.24) is 0 Å². The van der Waals surface area contributed by atoms with Crippen LogP contribution in [0.3, 0.4) is 0 Å². The lowest BCUT2D eigenvalue weighted by atomic mass is 9.92. The van der Waals surface area contributed by atoms with Crippen molar-refractivity contribution in [3.05, 3.63) is 26.0 Å². The topological polar surface area (TPSA) is 0 Å². The first-order valence-corrected chi connectivity index (χ1v) is 9.58. The molecule has 0 bridgehead atoms. The fraction of sp³-hybridized carbons (Fsp3) is 0.810. The van der Waals surface area contributed by atoms with Gasteiger partial charge >= 0.3 is 0 Å². The van der Waals surface area contributed by atoms with E-state index in [-0.39, 0.29) is 0 Å². The minimum Gasteiger partial charge on any atom is -0.0885 e. The first kappa shape index (κ1) is 20.7. The molecule has 124 valence electrons. The summed E-state index contributed by atoms with van der Waals surface area (Å²) in [5.41, 5.74) is 0. The highest BCUT2D eigenvalue weighted by Crippen LogP contribution is 2.21. The van der Waals surface area contributed by atoms with E-state index in [1.807, 2.05) is 0 Å². The average molecular weight is 293 g/mol. The van der Waals surface area contributed by atoms with Gasteiger partial charge in [0, 0.05) is 0 Å². The second-order valence-electron chi connectivity index (χ2n) is 6.44. The third-order valence-corrected chi connectivity index (χ3v) is 4.51. The number of unbranched alkanes of at least 4 members (excludes halogenated alkanes) is 9. The summed E-state index contributed by atoms with van der Waals surface area (Å²) in [6.07, 6.45) is 24.8. The molecule has 1 unspecified atom stereocenters. The third-order valence-electron chi connectivity index (χ3n) is 4.51. The fourth-order valence-corrected chi connectivity index (χ4v) is 2.98. The highest BCUT2D eigenvalue weighted by Gasteiger charge is 2.05. The largest absolute Gasteiger partial charge is 0.0885 e. The zero-order chi connectivity index (χ0) is 15.6. The predicted molar refractivity (Wildman–Crippen MR) is 98.3 cm³/mol. The van der Waals surface area contributed by atoms with Crippen LogP contribution < -0.4 is 0 Å². The highest BCUT2D eigenvalue weighted by atomic mass is 14.1. The van der Waals surface area contributed by atoms with Crippen molar-refractivity contribution in [3.63, 3.8) is 0 Å². The van der Waals surface area contributed by atoms with Gasteiger partial charge in [0.2, 0.25) is 0 Å². The van der Waals surface area contributed by atoms with E-state index in [1.165, 1.54) is 83.5 Å². The Bertz CT molecular complexity index is 204. The molecule has 0 N–H and O–H groups in total. The molecule has 0 spiro atoms. The van der Waals surface area contributed by atoms with Crippen molar-refractivity contribution in [3.8, 4) is 0 Å². The Balaban J connectivity index is 3.35. The van der Waals surface area contributed by atoms with Gasteiger partial charge in [-0.25, -0.2) is 0 Å². The van der Waals surface area contributed by atoms with Crippen molar-refractivity contribution in [1.29, 1.82) is 0 Å². The monoisotopic (exact) mass is 292 g/mol. The summed E-state index contributed by atoms with van der Waals surface area (Å²) in [5, 5.41) is 0. The Morgan fingerprint density at radius 2 is 1.29 bits per heavy atom. The van der Waals surface area contributed by atoms with Crippen molar-refractivity contribution in [2.24, 2.45) is 5.92 Å². The Kier molecular flexibility index (Phi) is 17.6. The molecule has 0 saturated heterocycles. The Labute approximate surface area is 135 Å². The molecule has 0 aliphatic rings. The number of rotatable bonds is 16. The van der Waals surface area contributed by atoms with Gasteiger partial charge in [-0.1, -0.05) is 103 Å². The fourth-order valence-electron chi connectivity index (χ4n) is 2.98. The summed E-state index contributed by atoms with van der Waals surface area (Å²) in [4.78, 5) is 0. The molecule has 0 aliphatic heterocycles. The maximum atomic E-state index is 3.90. The molecule has 0 aromatic rings. The van der Waals surface area contributed by atoms with E-state index in [9.17, 15) is 0 Å². The minimum absolute atomic E-state index is 0.938. The molecular weight excluding hydrogens is 252 g/mol. The van der Waals surface area contributed by atoms with Gasteiger partial charge in [0.05, 0.1) is 0 Å². The van der Waals surface area contributed by atoms with Crippen LogP contribution in [0.15, 0.2) is 12.2 Å². The van der Waals surface area contributed by atoms with Crippen LogP contribution in [0.1, 0.15) is 103 Å². The first-order chi connectivity index (χ1) is 10.3. The lowest BCUT2D eigenvalue weighted by Gasteiger charge is -2.14. The second kappa shape index (κ2) is 17.8. The molecule has 21 heavy (non-hydrogen) atoms. The van der Waals surface area contributed by atoms with Gasteiger partial charge in [-0.3, -0.25) is 0 Å². The zero-order valence-electron chi connectivity index (χ0n) is 14.8. The molecule has 0 aliphatic carbocycles. The molecule has 0 aromatic carbocycles. The summed E-state index contributed by atoms with van der Waals surface area (Å²) in [7, 11) is 0. The Morgan fingerprint density at radius 3 is 1.86 bits per heavy atom. The van der Waals surface area contributed by atoms with E-state index in [2.05, 4.69) is 32.9 Å². The maximum Gasteiger partial charge on any atom is -0.0351 e. The van der Waals surface area contributed by atoms with Gasteiger partial charge in [0.15, 0.2) is 0 Å². The average Bonchev–Trinajstić information content (AvgIpc) is 2.51. The molecule has 0 rings (SSSR count). The molecule has 0 nitrogen and oxygen atoms in total. The van der Waals surface area contributed by atoms with Crippen LogP contribution in [0.25, 0.3) is 0 Å². The third kappa shape index (κ3) is 15.9. The molecule has 0 saturated carbocycles. The smallest absolute Gasteiger partial charge is 0.0351 e. The van der Waals surface area contributed by atoms with Gasteiger partial charge in [-0.15, -0.1) is 0 Å². The van der Waals surface area contributed by atoms with E-state index in [0.717, 1.165) is 18.8 Å². The molecule has 0 heteroatoms. The summed E-state index contributed by atoms with van der Waals surface area (Å²) >= 11 is 0. The summed E-state index contributed by atoms with van der Waals surface area (Å²) < 4.78 is 0. The second-order valence-corrected chi connectivity index (χ2v) is 6.44. The van der Waals surface area contributed by atoms with E-state index in [1.54, 1.807) is 0 Å². The van der Waals surface area contributed by atoms with Crippen molar-refractivity contribution < 1.29 is 0 Å². The van der Waals surface area contributed by atoms with Crippen LogP contribution >= 0.6 is 0 Å². The normalized spacial score (nSPS) is 13.1. The van der Waals surface area contributed by atoms with Crippen LogP contribution in [-0.4, -0.2) is 0 Å². The van der Waals surface area contributed by atoms with Gasteiger partial charge in [0.1, 0.15) is 0 Å². The molecule has 1 atom stereocenters. The van der Waals surface area contributed by atoms with Crippen molar-refractivity contribution >= 4 is 0 Å². The molecule has 2 radical (unpaired) electrons. The molecular formula is C21H40. The number of hydrogen-bond acceptors (Lipinski definition) is 0. The highest BCUT2D eigenvalue weighted by molar-refractivity contribution is 4.81. The van der Waals surface area contributed by atoms with Crippen LogP contribution in [0.5, 0.6) is 0 Å². The Morgan fingerprint density at radius 1 is 0.714 bits per heavy atom. The van der Waals surface area contributed by atoms with Gasteiger partial charge in [-0.05, 0) is 32.1 Å². The lowest BCUT2D eigenvalue weighted by molar-refractivity contribution is 0.395. The molecule has 0 aromatic heterocycles. The molecule has 0 amide bonds. The molecule has 0 heterocycles. The van der Waals surface area contributed by atoms with Crippen LogP contribution in [0.4, 0.5) is 0 Å². The predicted octanol–water partition coefficient (Wildman–Crippen LogP) is 7.70. The van der Waals surface area contributed by atoms with Crippen LogP contribution in [-0.2, 0) is 0 Å². The maximum absolute atomic E-state index is 3.90. The van der Waals surface area contributed by atoms with E-state index < -0.39 is 0 Å². The minimum atomic E-state index is 0.938. The Hall–Kier alpha value is -0.260. The van der Waals surface area contributed by atoms with E-state index in [4.69, 9.17) is 0 Å². The van der Waals surface area contributed by atoms with Crippen molar-refractivity contribution in [2.45, 2.75) is 103 Å². The first-order valence-electron chi connectivity index (χ1n) is 9.58.